The summed E-state index contributed by atoms with van der Waals surface area (Å²) in [7, 11) is 0. The lowest BCUT2D eigenvalue weighted by Crippen LogP contribution is -1.92. The quantitative estimate of drug-likeness (QED) is 0.105. The van der Waals surface area contributed by atoms with Crippen LogP contribution < -0.4 is 0 Å². The number of halogens is 2. The molecule has 0 nitrogen and oxygen atoms in total. The molecule has 0 fully saturated rings. The van der Waals surface area contributed by atoms with Crippen LogP contribution in [-0.4, -0.2) is 0 Å². The number of hydrogen-bond acceptors (Lipinski definition) is 0. The number of unbranched alkanes of at least 4 members (excludes halogenated alkanes) is 14. The number of rotatable bonds is 20. The van der Waals surface area contributed by atoms with Crippen LogP contribution >= 0.6 is 31.9 Å². The Labute approximate surface area is 263 Å². The minimum atomic E-state index is 1.14. The van der Waals surface area contributed by atoms with Crippen molar-refractivity contribution in [1.29, 1.82) is 0 Å². The van der Waals surface area contributed by atoms with Gasteiger partial charge in [0.05, 0.1) is 0 Å². The van der Waals surface area contributed by atoms with E-state index in [0.717, 1.165) is 8.95 Å². The van der Waals surface area contributed by atoms with Crippen LogP contribution in [0.25, 0.3) is 22.3 Å². The second-order valence-electron chi connectivity index (χ2n) is 11.6. The minimum Gasteiger partial charge on any atom is -0.0654 e. The maximum Gasteiger partial charge on any atom is 0.0260 e. The van der Waals surface area contributed by atoms with Gasteiger partial charge in [-0.25, -0.2) is 0 Å². The van der Waals surface area contributed by atoms with E-state index in [0.29, 0.717) is 0 Å². The molecule has 0 bridgehead atoms. The molecule has 0 aromatic heterocycles. The summed E-state index contributed by atoms with van der Waals surface area (Å²) in [4.78, 5) is 0. The molecule has 218 valence electrons. The summed E-state index contributed by atoms with van der Waals surface area (Å²) in [5, 5.41) is 0. The van der Waals surface area contributed by atoms with Crippen LogP contribution in [-0.2, 0) is 12.8 Å². The Kier molecular flexibility index (Phi) is 16.3. The molecule has 0 heterocycles. The van der Waals surface area contributed by atoms with Crippen LogP contribution in [0.15, 0.2) is 69.6 Å². The Morgan fingerprint density at radius 3 is 1.00 bits per heavy atom. The normalized spacial score (nSPS) is 11.3. The highest BCUT2D eigenvalue weighted by molar-refractivity contribution is 9.11. The van der Waals surface area contributed by atoms with Gasteiger partial charge in [-0.05, 0) is 60.1 Å². The summed E-state index contributed by atoms with van der Waals surface area (Å²) in [5.41, 5.74) is 7.98. The third kappa shape index (κ3) is 11.5. The topological polar surface area (TPSA) is 0 Å². The molecule has 0 amide bonds. The molecule has 2 heteroatoms. The van der Waals surface area contributed by atoms with E-state index in [1.54, 1.807) is 0 Å². The van der Waals surface area contributed by atoms with Gasteiger partial charge in [0, 0.05) is 20.1 Å². The number of hydrogen-bond donors (Lipinski definition) is 0. The van der Waals surface area contributed by atoms with Crippen molar-refractivity contribution in [2.75, 3.05) is 0 Å². The Hall–Kier alpha value is -1.38. The van der Waals surface area contributed by atoms with Gasteiger partial charge in [0.25, 0.3) is 0 Å². The predicted octanol–water partition coefficient (Wildman–Crippen LogP) is 13.9. The largest absolute Gasteiger partial charge is 0.0654 e. The Morgan fingerprint density at radius 1 is 0.375 bits per heavy atom. The molecule has 0 radical (unpaired) electrons. The molecule has 3 aromatic carbocycles. The molecule has 0 aliphatic heterocycles. The van der Waals surface area contributed by atoms with Gasteiger partial charge < -0.3 is 0 Å². The molecule has 0 N–H and O–H groups in total. The first-order chi connectivity index (χ1) is 19.6. The van der Waals surface area contributed by atoms with Gasteiger partial charge in [0.2, 0.25) is 0 Å². The fourth-order valence-corrected chi connectivity index (χ4v) is 6.84. The molecule has 3 rings (SSSR count). The molecule has 0 atom stereocenters. The van der Waals surface area contributed by atoms with Gasteiger partial charge in [0.15, 0.2) is 0 Å². The summed E-state index contributed by atoms with van der Waals surface area (Å²) in [6, 6.07) is 22.9. The third-order valence-corrected chi connectivity index (χ3v) is 9.55. The van der Waals surface area contributed by atoms with Crippen LogP contribution in [0.1, 0.15) is 128 Å². The standard InChI is InChI=1S/C38H52Br2/c1-3-5-7-9-11-13-15-17-19-31-21-25-33(26-22-31)37-35(39)29-30-36(40)38(37)34-27-23-32(24-28-34)20-18-16-14-12-10-8-6-4-2/h21-30H,3-20H2,1-2H3. The van der Waals surface area contributed by atoms with Crippen LogP contribution in [0.2, 0.25) is 0 Å². The molecule has 0 saturated heterocycles. The fourth-order valence-electron chi connectivity index (χ4n) is 5.72. The van der Waals surface area contributed by atoms with E-state index in [9.17, 15) is 0 Å². The molecule has 0 unspecified atom stereocenters. The smallest absolute Gasteiger partial charge is 0.0260 e. The summed E-state index contributed by atoms with van der Waals surface area (Å²) < 4.78 is 2.29. The monoisotopic (exact) mass is 666 g/mol. The van der Waals surface area contributed by atoms with Crippen molar-refractivity contribution in [2.24, 2.45) is 0 Å². The maximum atomic E-state index is 3.88. The highest BCUT2D eigenvalue weighted by atomic mass is 79.9. The van der Waals surface area contributed by atoms with Crippen molar-refractivity contribution in [3.05, 3.63) is 80.7 Å². The first kappa shape index (κ1) is 33.1. The fraction of sp³-hybridized carbons (Fsp3) is 0.526. The van der Waals surface area contributed by atoms with Gasteiger partial charge in [-0.2, -0.15) is 0 Å². The Balaban J connectivity index is 1.56. The van der Waals surface area contributed by atoms with E-state index in [2.05, 4.69) is 106 Å². The van der Waals surface area contributed by atoms with Gasteiger partial charge in [0.1, 0.15) is 0 Å². The van der Waals surface area contributed by atoms with Gasteiger partial charge in [-0.1, -0.05) is 184 Å². The van der Waals surface area contributed by atoms with Gasteiger partial charge in [-0.15, -0.1) is 0 Å². The van der Waals surface area contributed by atoms with Gasteiger partial charge in [-0.3, -0.25) is 0 Å². The zero-order valence-corrected chi connectivity index (χ0v) is 28.4. The Bertz CT molecular complexity index is 993. The molecule has 0 aliphatic rings. The second kappa shape index (κ2) is 19.7. The maximum absolute atomic E-state index is 3.88. The van der Waals surface area contributed by atoms with Gasteiger partial charge >= 0.3 is 0 Å². The zero-order chi connectivity index (χ0) is 28.4. The molecule has 40 heavy (non-hydrogen) atoms. The zero-order valence-electron chi connectivity index (χ0n) is 25.3. The first-order valence-corrected chi connectivity index (χ1v) is 17.9. The van der Waals surface area contributed by atoms with E-state index in [4.69, 9.17) is 0 Å². The second-order valence-corrected chi connectivity index (χ2v) is 13.3. The van der Waals surface area contributed by atoms with Crippen molar-refractivity contribution in [3.8, 4) is 22.3 Å². The summed E-state index contributed by atoms with van der Waals surface area (Å²) in [6.07, 6.45) is 24.3. The van der Waals surface area contributed by atoms with Crippen molar-refractivity contribution >= 4 is 31.9 Å². The molecule has 3 aromatic rings. The van der Waals surface area contributed by atoms with E-state index < -0.39 is 0 Å². The summed E-state index contributed by atoms with van der Waals surface area (Å²) >= 11 is 7.76. The highest BCUT2D eigenvalue weighted by Gasteiger charge is 2.15. The van der Waals surface area contributed by atoms with E-state index in [-0.39, 0.29) is 0 Å². The predicted molar refractivity (Wildman–Crippen MR) is 185 cm³/mol. The molecular weight excluding hydrogens is 616 g/mol. The molecular formula is C38H52Br2. The van der Waals surface area contributed by atoms with Crippen LogP contribution in [0, 0.1) is 0 Å². The average Bonchev–Trinajstić information content (AvgIpc) is 2.98. The van der Waals surface area contributed by atoms with Crippen LogP contribution in [0.5, 0.6) is 0 Å². The van der Waals surface area contributed by atoms with Crippen molar-refractivity contribution < 1.29 is 0 Å². The lowest BCUT2D eigenvalue weighted by atomic mass is 9.92. The van der Waals surface area contributed by atoms with Crippen molar-refractivity contribution in [2.45, 2.75) is 129 Å². The average molecular weight is 669 g/mol. The summed E-state index contributed by atoms with van der Waals surface area (Å²) in [6.45, 7) is 4.58. The number of benzene rings is 3. The highest BCUT2D eigenvalue weighted by Crippen LogP contribution is 2.42. The number of aryl methyl sites for hydroxylation is 2. The van der Waals surface area contributed by atoms with E-state index >= 15 is 0 Å². The SMILES string of the molecule is CCCCCCCCCCc1ccc(-c2c(Br)ccc(Br)c2-c2ccc(CCCCCCCCCC)cc2)cc1. The molecule has 0 spiro atoms. The first-order valence-electron chi connectivity index (χ1n) is 16.3. The van der Waals surface area contributed by atoms with Crippen LogP contribution in [0.4, 0.5) is 0 Å². The van der Waals surface area contributed by atoms with Crippen molar-refractivity contribution in [3.63, 3.8) is 0 Å². The lowest BCUT2D eigenvalue weighted by molar-refractivity contribution is 0.575. The van der Waals surface area contributed by atoms with E-state index in [1.165, 1.54) is 149 Å². The van der Waals surface area contributed by atoms with Crippen molar-refractivity contribution in [1.82, 2.24) is 0 Å². The third-order valence-electron chi connectivity index (χ3n) is 8.23. The van der Waals surface area contributed by atoms with E-state index in [1.807, 2.05) is 0 Å². The van der Waals surface area contributed by atoms with Crippen LogP contribution in [0.3, 0.4) is 0 Å². The Morgan fingerprint density at radius 2 is 0.675 bits per heavy atom. The lowest BCUT2D eigenvalue weighted by Gasteiger charge is -2.16. The molecule has 0 aliphatic carbocycles. The molecule has 0 saturated carbocycles. The summed E-state index contributed by atoms with van der Waals surface area (Å²) in [5.74, 6) is 0. The minimum absolute atomic E-state index is 1.14.